The molecule has 0 fully saturated rings. The van der Waals surface area contributed by atoms with E-state index >= 15 is 0 Å². The molecule has 2 N–H and O–H groups in total. The number of hydrogen-bond donors (Lipinski definition) is 2. The normalized spacial score (nSPS) is 12.0. The molecule has 0 unspecified atom stereocenters. The molecule has 0 radical (unpaired) electrons. The first-order chi connectivity index (χ1) is 11.0. The second-order valence-corrected chi connectivity index (χ2v) is 5.75. The summed E-state index contributed by atoms with van der Waals surface area (Å²) < 4.78 is 5.11. The number of ether oxygens (including phenoxy) is 1. The Kier molecular flexibility index (Phi) is 5.57. The Bertz CT molecular complexity index is 692. The van der Waals surface area contributed by atoms with Crippen LogP contribution in [0, 0.1) is 5.92 Å². The molecule has 122 valence electrons. The fourth-order valence-corrected chi connectivity index (χ4v) is 2.18. The van der Waals surface area contributed by atoms with Gasteiger partial charge in [0.05, 0.1) is 17.7 Å². The third-order valence-electron chi connectivity index (χ3n) is 3.36. The molecule has 1 atom stereocenters. The maximum Gasteiger partial charge on any atom is 0.319 e. The van der Waals surface area contributed by atoms with Crippen molar-refractivity contribution in [3.05, 3.63) is 42.5 Å². The summed E-state index contributed by atoms with van der Waals surface area (Å²) in [6.45, 7) is 5.54. The number of fused-ring (bicyclic) bond motifs is 1. The fourth-order valence-electron chi connectivity index (χ4n) is 2.18. The summed E-state index contributed by atoms with van der Waals surface area (Å²) in [5.41, 5.74) is 0.734. The van der Waals surface area contributed by atoms with E-state index in [1.54, 1.807) is 20.8 Å². The number of carbonyl (C=O) groups is 2. The monoisotopic (exact) mass is 314 g/mol. The van der Waals surface area contributed by atoms with Crippen LogP contribution < -0.4 is 10.6 Å². The van der Waals surface area contributed by atoms with E-state index in [2.05, 4.69) is 10.6 Å². The van der Waals surface area contributed by atoms with Gasteiger partial charge in [0.25, 0.3) is 0 Å². The Hall–Kier alpha value is -2.56. The standard InChI is InChI=1S/C18H22N2O3/c1-12(2)23-17(21)13(3)11-19-18(22)20-16-10-6-8-14-7-4-5-9-15(14)16/h4-10,12-13H,11H2,1-3H3,(H2,19,20,22)/t13-/m1/s1. The summed E-state index contributed by atoms with van der Waals surface area (Å²) >= 11 is 0. The predicted octanol–water partition coefficient (Wildman–Crippen LogP) is 3.55. The number of anilines is 1. The van der Waals surface area contributed by atoms with Crippen LogP contribution in [-0.2, 0) is 9.53 Å². The summed E-state index contributed by atoms with van der Waals surface area (Å²) in [7, 11) is 0. The van der Waals surface area contributed by atoms with Crippen molar-refractivity contribution in [3.8, 4) is 0 Å². The molecule has 0 aliphatic carbocycles. The molecule has 0 saturated carbocycles. The topological polar surface area (TPSA) is 67.4 Å². The van der Waals surface area contributed by atoms with Crippen LogP contribution in [0.25, 0.3) is 10.8 Å². The number of benzene rings is 2. The van der Waals surface area contributed by atoms with Crippen LogP contribution in [0.1, 0.15) is 20.8 Å². The molecule has 5 heteroatoms. The van der Waals surface area contributed by atoms with Gasteiger partial charge in [-0.1, -0.05) is 43.3 Å². The van der Waals surface area contributed by atoms with E-state index < -0.39 is 5.92 Å². The number of esters is 1. The Morgan fingerprint density at radius 3 is 2.48 bits per heavy atom. The van der Waals surface area contributed by atoms with Crippen LogP contribution in [0.5, 0.6) is 0 Å². The van der Waals surface area contributed by atoms with Crippen LogP contribution in [-0.4, -0.2) is 24.6 Å². The third-order valence-corrected chi connectivity index (χ3v) is 3.36. The first kappa shape index (κ1) is 16.8. The summed E-state index contributed by atoms with van der Waals surface area (Å²) in [6.07, 6.45) is -0.158. The second kappa shape index (κ2) is 7.63. The minimum Gasteiger partial charge on any atom is -0.463 e. The third kappa shape index (κ3) is 4.71. The van der Waals surface area contributed by atoms with E-state index in [0.717, 1.165) is 16.5 Å². The van der Waals surface area contributed by atoms with Crippen molar-refractivity contribution in [2.75, 3.05) is 11.9 Å². The SMILES string of the molecule is CC(C)OC(=O)[C@H](C)CNC(=O)Nc1cccc2ccccc12. The highest BCUT2D eigenvalue weighted by molar-refractivity contribution is 6.01. The summed E-state index contributed by atoms with van der Waals surface area (Å²) in [4.78, 5) is 23.7. The Morgan fingerprint density at radius 1 is 1.04 bits per heavy atom. The highest BCUT2D eigenvalue weighted by Crippen LogP contribution is 2.22. The summed E-state index contributed by atoms with van der Waals surface area (Å²) in [5, 5.41) is 7.54. The van der Waals surface area contributed by atoms with Gasteiger partial charge in [0.15, 0.2) is 0 Å². The molecule has 0 aliphatic rings. The van der Waals surface area contributed by atoms with Gasteiger partial charge in [0.2, 0.25) is 0 Å². The van der Waals surface area contributed by atoms with Gasteiger partial charge in [0.1, 0.15) is 0 Å². The van der Waals surface area contributed by atoms with Gasteiger partial charge in [-0.05, 0) is 25.3 Å². The van der Waals surface area contributed by atoms with Crippen molar-refractivity contribution in [1.29, 1.82) is 0 Å². The predicted molar refractivity (Wildman–Crippen MR) is 91.4 cm³/mol. The van der Waals surface area contributed by atoms with Crippen molar-refractivity contribution >= 4 is 28.5 Å². The van der Waals surface area contributed by atoms with Gasteiger partial charge in [0, 0.05) is 11.9 Å². The van der Waals surface area contributed by atoms with Crippen molar-refractivity contribution in [1.82, 2.24) is 5.32 Å². The fraction of sp³-hybridized carbons (Fsp3) is 0.333. The number of rotatable bonds is 5. The van der Waals surface area contributed by atoms with Gasteiger partial charge in [-0.25, -0.2) is 4.79 Å². The minimum absolute atomic E-state index is 0.158. The van der Waals surface area contributed by atoms with Crippen molar-refractivity contribution < 1.29 is 14.3 Å². The molecular formula is C18H22N2O3. The molecular weight excluding hydrogens is 292 g/mol. The van der Waals surface area contributed by atoms with E-state index in [1.807, 2.05) is 42.5 Å². The first-order valence-corrected chi connectivity index (χ1v) is 7.70. The molecule has 0 spiro atoms. The van der Waals surface area contributed by atoms with Crippen molar-refractivity contribution in [2.45, 2.75) is 26.9 Å². The lowest BCUT2D eigenvalue weighted by atomic mass is 10.1. The minimum atomic E-state index is -0.393. The van der Waals surface area contributed by atoms with Gasteiger partial charge >= 0.3 is 12.0 Å². The van der Waals surface area contributed by atoms with Gasteiger partial charge < -0.3 is 15.4 Å². The first-order valence-electron chi connectivity index (χ1n) is 7.70. The maximum absolute atomic E-state index is 12.0. The molecule has 2 amide bonds. The Balaban J connectivity index is 1.93. The molecule has 23 heavy (non-hydrogen) atoms. The van der Waals surface area contributed by atoms with E-state index in [4.69, 9.17) is 4.74 Å². The van der Waals surface area contributed by atoms with Crippen LogP contribution in [0.3, 0.4) is 0 Å². The quantitative estimate of drug-likeness (QED) is 0.829. The second-order valence-electron chi connectivity index (χ2n) is 5.75. The highest BCUT2D eigenvalue weighted by atomic mass is 16.5. The number of urea groups is 1. The van der Waals surface area contributed by atoms with Crippen molar-refractivity contribution in [3.63, 3.8) is 0 Å². The average Bonchev–Trinajstić information content (AvgIpc) is 2.52. The van der Waals surface area contributed by atoms with Crippen LogP contribution in [0.2, 0.25) is 0 Å². The van der Waals surface area contributed by atoms with E-state index in [0.29, 0.717) is 0 Å². The zero-order valence-corrected chi connectivity index (χ0v) is 13.6. The number of carbonyl (C=O) groups excluding carboxylic acids is 2. The molecule has 2 aromatic carbocycles. The lowest BCUT2D eigenvalue weighted by Gasteiger charge is -2.15. The average molecular weight is 314 g/mol. The number of amides is 2. The molecule has 0 bridgehead atoms. The van der Waals surface area contributed by atoms with Crippen LogP contribution in [0.15, 0.2) is 42.5 Å². The maximum atomic E-state index is 12.0. The molecule has 0 aliphatic heterocycles. The number of nitrogens with one attached hydrogen (secondary N) is 2. The Labute approximate surface area is 136 Å². The van der Waals surface area contributed by atoms with Gasteiger partial charge in [-0.3, -0.25) is 4.79 Å². The molecule has 0 heterocycles. The van der Waals surface area contributed by atoms with E-state index in [-0.39, 0.29) is 24.6 Å². The molecule has 2 rings (SSSR count). The lowest BCUT2D eigenvalue weighted by molar-refractivity contribution is -0.151. The van der Waals surface area contributed by atoms with Crippen LogP contribution in [0.4, 0.5) is 10.5 Å². The lowest BCUT2D eigenvalue weighted by Crippen LogP contribution is -2.35. The number of hydrogen-bond acceptors (Lipinski definition) is 3. The largest absolute Gasteiger partial charge is 0.463 e. The van der Waals surface area contributed by atoms with Crippen molar-refractivity contribution in [2.24, 2.45) is 5.92 Å². The molecule has 5 nitrogen and oxygen atoms in total. The van der Waals surface area contributed by atoms with E-state index in [1.165, 1.54) is 0 Å². The zero-order chi connectivity index (χ0) is 16.8. The summed E-state index contributed by atoms with van der Waals surface area (Å²) in [5.74, 6) is -0.707. The molecule has 0 aromatic heterocycles. The Morgan fingerprint density at radius 2 is 1.74 bits per heavy atom. The van der Waals surface area contributed by atoms with Gasteiger partial charge in [-0.15, -0.1) is 0 Å². The smallest absolute Gasteiger partial charge is 0.319 e. The zero-order valence-electron chi connectivity index (χ0n) is 13.6. The summed E-state index contributed by atoms with van der Waals surface area (Å²) in [6, 6.07) is 13.2. The van der Waals surface area contributed by atoms with E-state index in [9.17, 15) is 9.59 Å². The van der Waals surface area contributed by atoms with Gasteiger partial charge in [-0.2, -0.15) is 0 Å². The van der Waals surface area contributed by atoms with Crippen LogP contribution >= 0.6 is 0 Å². The highest BCUT2D eigenvalue weighted by Gasteiger charge is 2.16. The molecule has 0 saturated heterocycles. The molecule has 2 aromatic rings.